The standard InChI is InChI=1S/C30H45N3O8/c1-8-9-18-40-27(37)24(31-25(35)22-13-11-10-12-21(22)20-34)30(5,6)14-15-32-16-17-33(23(19-32)26(36)39-7)28(38)41-29(2,3)4/h10-13,20,23-24H,8-9,14-19H2,1-7H3,(H,31,35)/t23-,24+/m1/s1. The van der Waals surface area contributed by atoms with Crippen LogP contribution in [-0.4, -0.2) is 97.6 Å². The van der Waals surface area contributed by atoms with E-state index in [0.717, 1.165) is 6.42 Å². The number of methoxy groups -OCH3 is 1. The van der Waals surface area contributed by atoms with Gasteiger partial charge >= 0.3 is 18.0 Å². The van der Waals surface area contributed by atoms with E-state index < -0.39 is 47.0 Å². The second-order valence-electron chi connectivity index (χ2n) is 11.9. The summed E-state index contributed by atoms with van der Waals surface area (Å²) in [5.74, 6) is -1.64. The van der Waals surface area contributed by atoms with Gasteiger partial charge in [0.05, 0.1) is 13.7 Å². The zero-order valence-electron chi connectivity index (χ0n) is 25.4. The van der Waals surface area contributed by atoms with Gasteiger partial charge in [0, 0.05) is 30.8 Å². The average Bonchev–Trinajstić information content (AvgIpc) is 2.93. The third-order valence-corrected chi connectivity index (χ3v) is 7.01. The molecule has 1 fully saturated rings. The molecule has 2 amide bonds. The van der Waals surface area contributed by atoms with Gasteiger partial charge in [-0.25, -0.2) is 14.4 Å². The minimum absolute atomic E-state index is 0.170. The molecule has 0 aliphatic carbocycles. The maximum atomic E-state index is 13.2. The summed E-state index contributed by atoms with van der Waals surface area (Å²) in [6.07, 6.45) is 2.01. The smallest absolute Gasteiger partial charge is 0.411 e. The molecule has 0 spiro atoms. The highest BCUT2D eigenvalue weighted by Crippen LogP contribution is 2.28. The monoisotopic (exact) mass is 575 g/mol. The lowest BCUT2D eigenvalue weighted by molar-refractivity contribution is -0.149. The van der Waals surface area contributed by atoms with Crippen LogP contribution in [0, 0.1) is 5.41 Å². The molecule has 0 unspecified atom stereocenters. The number of nitrogens with one attached hydrogen (secondary N) is 1. The van der Waals surface area contributed by atoms with E-state index in [1.54, 1.807) is 32.9 Å². The molecule has 0 saturated carbocycles. The van der Waals surface area contributed by atoms with E-state index in [1.165, 1.54) is 24.1 Å². The number of aldehydes is 1. The van der Waals surface area contributed by atoms with Crippen molar-refractivity contribution < 1.29 is 38.2 Å². The Balaban J connectivity index is 2.19. The Morgan fingerprint density at radius 3 is 2.39 bits per heavy atom. The third-order valence-electron chi connectivity index (χ3n) is 7.01. The van der Waals surface area contributed by atoms with Crippen molar-refractivity contribution >= 4 is 30.2 Å². The quantitative estimate of drug-likeness (QED) is 0.172. The molecular formula is C30H45N3O8. The van der Waals surface area contributed by atoms with Gasteiger partial charge in [-0.05, 0) is 51.6 Å². The lowest BCUT2D eigenvalue weighted by atomic mass is 9.80. The Labute approximate surface area is 242 Å². The average molecular weight is 576 g/mol. The van der Waals surface area contributed by atoms with Crippen LogP contribution in [0.3, 0.4) is 0 Å². The number of benzene rings is 1. The number of esters is 2. The predicted molar refractivity (Wildman–Crippen MR) is 153 cm³/mol. The second kappa shape index (κ2) is 15.0. The van der Waals surface area contributed by atoms with E-state index in [2.05, 4.69) is 5.32 Å². The summed E-state index contributed by atoms with van der Waals surface area (Å²) in [5, 5.41) is 2.81. The fourth-order valence-electron chi connectivity index (χ4n) is 4.50. The number of carbonyl (C=O) groups is 5. The first kappa shape index (κ1) is 33.7. The van der Waals surface area contributed by atoms with Crippen LogP contribution in [0.2, 0.25) is 0 Å². The van der Waals surface area contributed by atoms with Crippen molar-refractivity contribution in [1.82, 2.24) is 15.1 Å². The van der Waals surface area contributed by atoms with E-state index >= 15 is 0 Å². The Kier molecular flexibility index (Phi) is 12.3. The molecule has 1 heterocycles. The van der Waals surface area contributed by atoms with Crippen LogP contribution >= 0.6 is 0 Å². The molecule has 41 heavy (non-hydrogen) atoms. The summed E-state index contributed by atoms with van der Waals surface area (Å²) < 4.78 is 16.0. The van der Waals surface area contributed by atoms with Crippen molar-refractivity contribution in [2.24, 2.45) is 5.41 Å². The number of rotatable bonds is 12. The van der Waals surface area contributed by atoms with Gasteiger partial charge in [0.25, 0.3) is 5.91 Å². The fraction of sp³-hybridized carbons (Fsp3) is 0.633. The summed E-state index contributed by atoms with van der Waals surface area (Å²) in [6, 6.07) is 4.53. The van der Waals surface area contributed by atoms with Gasteiger partial charge in [-0.1, -0.05) is 45.4 Å². The zero-order valence-corrected chi connectivity index (χ0v) is 25.4. The number of nitrogens with zero attached hydrogens (tertiary/aromatic N) is 2. The van der Waals surface area contributed by atoms with Crippen molar-refractivity contribution in [1.29, 1.82) is 0 Å². The number of ether oxygens (including phenoxy) is 3. The number of carbonyl (C=O) groups excluding carboxylic acids is 5. The Bertz CT molecular complexity index is 1080. The van der Waals surface area contributed by atoms with Gasteiger partial charge < -0.3 is 19.5 Å². The van der Waals surface area contributed by atoms with E-state index in [-0.39, 0.29) is 30.8 Å². The van der Waals surface area contributed by atoms with Crippen molar-refractivity contribution in [3.63, 3.8) is 0 Å². The normalized spacial score (nSPS) is 16.9. The van der Waals surface area contributed by atoms with E-state index in [9.17, 15) is 24.0 Å². The van der Waals surface area contributed by atoms with Crippen molar-refractivity contribution in [2.45, 2.75) is 78.5 Å². The van der Waals surface area contributed by atoms with Crippen LogP contribution in [0.25, 0.3) is 0 Å². The summed E-state index contributed by atoms with van der Waals surface area (Å²) in [6.45, 7) is 12.7. The van der Waals surface area contributed by atoms with Crippen molar-refractivity contribution in [3.8, 4) is 0 Å². The van der Waals surface area contributed by atoms with Gasteiger partial charge in [-0.3, -0.25) is 19.4 Å². The lowest BCUT2D eigenvalue weighted by Crippen LogP contribution is -2.60. The molecule has 0 radical (unpaired) electrons. The largest absolute Gasteiger partial charge is 0.467 e. The van der Waals surface area contributed by atoms with Gasteiger partial charge in [0.1, 0.15) is 17.7 Å². The summed E-state index contributed by atoms with van der Waals surface area (Å²) in [5.41, 5.74) is -1.09. The van der Waals surface area contributed by atoms with Crippen LogP contribution in [-0.2, 0) is 23.8 Å². The topological polar surface area (TPSA) is 132 Å². The second-order valence-corrected chi connectivity index (χ2v) is 11.9. The molecule has 1 aliphatic rings. The highest BCUT2D eigenvalue weighted by atomic mass is 16.6. The van der Waals surface area contributed by atoms with Crippen LogP contribution in [0.4, 0.5) is 4.79 Å². The molecule has 1 aromatic rings. The van der Waals surface area contributed by atoms with Crippen LogP contribution < -0.4 is 5.32 Å². The van der Waals surface area contributed by atoms with Crippen LogP contribution in [0.1, 0.15) is 81.5 Å². The van der Waals surface area contributed by atoms with Crippen molar-refractivity contribution in [2.75, 3.05) is 39.9 Å². The Morgan fingerprint density at radius 2 is 1.78 bits per heavy atom. The molecule has 2 rings (SSSR count). The number of amides is 2. The minimum Gasteiger partial charge on any atom is -0.467 e. The van der Waals surface area contributed by atoms with Crippen LogP contribution in [0.15, 0.2) is 24.3 Å². The first-order valence-electron chi connectivity index (χ1n) is 14.1. The van der Waals surface area contributed by atoms with E-state index in [0.29, 0.717) is 32.2 Å². The van der Waals surface area contributed by atoms with Gasteiger partial charge in [-0.2, -0.15) is 0 Å². The molecule has 2 atom stereocenters. The lowest BCUT2D eigenvalue weighted by Gasteiger charge is -2.41. The van der Waals surface area contributed by atoms with E-state index in [1.807, 2.05) is 25.7 Å². The molecule has 11 nitrogen and oxygen atoms in total. The summed E-state index contributed by atoms with van der Waals surface area (Å²) in [7, 11) is 1.28. The first-order valence-corrected chi connectivity index (χ1v) is 14.1. The Hall–Kier alpha value is -3.47. The molecule has 0 aromatic heterocycles. The van der Waals surface area contributed by atoms with E-state index in [4.69, 9.17) is 14.2 Å². The zero-order chi connectivity index (χ0) is 30.8. The summed E-state index contributed by atoms with van der Waals surface area (Å²) >= 11 is 0. The molecule has 1 aromatic carbocycles. The highest BCUT2D eigenvalue weighted by Gasteiger charge is 2.41. The van der Waals surface area contributed by atoms with Crippen molar-refractivity contribution in [3.05, 3.63) is 35.4 Å². The molecule has 228 valence electrons. The SMILES string of the molecule is CCCCOC(=O)[C@H](NC(=O)c1ccccc1C=O)C(C)(C)CCN1CCN(C(=O)OC(C)(C)C)[C@@H](C(=O)OC)C1. The maximum Gasteiger partial charge on any atom is 0.411 e. The summed E-state index contributed by atoms with van der Waals surface area (Å²) in [4.78, 5) is 66.7. The fourth-order valence-corrected chi connectivity index (χ4v) is 4.50. The molecule has 0 bridgehead atoms. The third kappa shape index (κ3) is 9.84. The first-order chi connectivity index (χ1) is 19.2. The Morgan fingerprint density at radius 1 is 1.10 bits per heavy atom. The number of hydrogen-bond donors (Lipinski definition) is 1. The van der Waals surface area contributed by atoms with Gasteiger partial charge in [-0.15, -0.1) is 0 Å². The minimum atomic E-state index is -0.994. The molecule has 11 heteroatoms. The maximum absolute atomic E-state index is 13.2. The predicted octanol–water partition coefficient (Wildman–Crippen LogP) is 3.45. The van der Waals surface area contributed by atoms with Gasteiger partial charge in [0.2, 0.25) is 0 Å². The molecule has 1 saturated heterocycles. The van der Waals surface area contributed by atoms with Crippen LogP contribution in [0.5, 0.6) is 0 Å². The number of piperazine rings is 1. The molecular weight excluding hydrogens is 530 g/mol. The number of hydrogen-bond acceptors (Lipinski definition) is 9. The number of unbranched alkanes of at least 4 members (excludes halogenated alkanes) is 1. The molecule has 1 N–H and O–H groups in total. The molecule has 1 aliphatic heterocycles. The highest BCUT2D eigenvalue weighted by molar-refractivity contribution is 6.02. The van der Waals surface area contributed by atoms with Gasteiger partial charge in [0.15, 0.2) is 6.29 Å².